The lowest BCUT2D eigenvalue weighted by Gasteiger charge is -2.03. The fourth-order valence-corrected chi connectivity index (χ4v) is 2.14. The van der Waals surface area contributed by atoms with Gasteiger partial charge in [-0.15, -0.1) is 0 Å². The van der Waals surface area contributed by atoms with Gasteiger partial charge in [0.05, 0.1) is 0 Å². The first-order valence-electron chi connectivity index (χ1n) is 6.59. The largest absolute Gasteiger partial charge is 0.351 e. The molecule has 0 saturated carbocycles. The van der Waals surface area contributed by atoms with Gasteiger partial charge in [0, 0.05) is 35.8 Å². The number of aromatic amines is 1. The Morgan fingerprint density at radius 3 is 2.80 bits per heavy atom. The highest BCUT2D eigenvalue weighted by Gasteiger charge is 2.08. The molecule has 0 aliphatic rings. The van der Waals surface area contributed by atoms with Crippen molar-refractivity contribution >= 4 is 16.8 Å². The third kappa shape index (κ3) is 2.69. The fourth-order valence-electron chi connectivity index (χ4n) is 2.14. The lowest BCUT2D eigenvalue weighted by Crippen LogP contribution is -2.26. The van der Waals surface area contributed by atoms with Crippen molar-refractivity contribution in [1.82, 2.24) is 15.3 Å². The van der Waals surface area contributed by atoms with Crippen LogP contribution in [0.1, 0.15) is 16.2 Å². The summed E-state index contributed by atoms with van der Waals surface area (Å²) in [6.07, 6.45) is 2.49. The molecule has 0 aliphatic carbocycles. The topological polar surface area (TPSA) is 57.8 Å². The summed E-state index contributed by atoms with van der Waals surface area (Å²) in [5.41, 5.74) is 2.54. The van der Waals surface area contributed by atoms with E-state index in [4.69, 9.17) is 0 Å². The van der Waals surface area contributed by atoms with Gasteiger partial charge in [-0.25, -0.2) is 0 Å². The number of nitrogens with zero attached hydrogens (tertiary/aromatic N) is 1. The predicted molar refractivity (Wildman–Crippen MR) is 78.6 cm³/mol. The molecule has 1 aromatic carbocycles. The number of amides is 1. The summed E-state index contributed by atoms with van der Waals surface area (Å²) < 4.78 is 0. The van der Waals surface area contributed by atoms with Crippen LogP contribution in [0.3, 0.4) is 0 Å². The minimum atomic E-state index is -0.0860. The van der Waals surface area contributed by atoms with Crippen LogP contribution >= 0.6 is 0 Å². The highest BCUT2D eigenvalue weighted by molar-refractivity contribution is 5.97. The average Bonchev–Trinajstić information content (AvgIpc) is 2.92. The molecule has 3 rings (SSSR count). The second kappa shape index (κ2) is 5.57. The number of benzene rings is 1. The number of para-hydroxylation sites is 1. The van der Waals surface area contributed by atoms with E-state index in [-0.39, 0.29) is 5.91 Å². The molecule has 3 aromatic rings. The van der Waals surface area contributed by atoms with Crippen molar-refractivity contribution in [3.05, 3.63) is 66.1 Å². The molecule has 0 fully saturated rings. The van der Waals surface area contributed by atoms with Crippen LogP contribution < -0.4 is 5.32 Å². The number of pyridine rings is 1. The summed E-state index contributed by atoms with van der Waals surface area (Å²) >= 11 is 0. The molecule has 0 atom stereocenters. The number of aromatic nitrogens is 2. The summed E-state index contributed by atoms with van der Waals surface area (Å²) in [6, 6.07) is 15.5. The van der Waals surface area contributed by atoms with Gasteiger partial charge in [0.15, 0.2) is 0 Å². The number of carbonyl (C=O) groups is 1. The molecule has 2 heterocycles. The summed E-state index contributed by atoms with van der Waals surface area (Å²) in [5, 5.41) is 3.94. The van der Waals surface area contributed by atoms with E-state index in [0.29, 0.717) is 12.2 Å². The highest BCUT2D eigenvalue weighted by atomic mass is 16.1. The smallest absolute Gasteiger partial charge is 0.267 e. The second-order valence-corrected chi connectivity index (χ2v) is 4.60. The number of hydrogen-bond acceptors (Lipinski definition) is 2. The lowest BCUT2D eigenvalue weighted by atomic mass is 10.2. The first-order valence-corrected chi connectivity index (χ1v) is 6.59. The Balaban J connectivity index is 1.61. The molecule has 1 amide bonds. The molecule has 4 nitrogen and oxygen atoms in total. The van der Waals surface area contributed by atoms with Gasteiger partial charge in [0.25, 0.3) is 5.91 Å². The van der Waals surface area contributed by atoms with Crippen molar-refractivity contribution in [3.8, 4) is 0 Å². The van der Waals surface area contributed by atoms with Gasteiger partial charge in [0.1, 0.15) is 5.69 Å². The third-order valence-electron chi connectivity index (χ3n) is 3.17. The van der Waals surface area contributed by atoms with Crippen LogP contribution in [0.25, 0.3) is 10.9 Å². The van der Waals surface area contributed by atoms with Crippen LogP contribution in [0.2, 0.25) is 0 Å². The molecule has 20 heavy (non-hydrogen) atoms. The van der Waals surface area contributed by atoms with Gasteiger partial charge in [0.2, 0.25) is 0 Å². The highest BCUT2D eigenvalue weighted by Crippen LogP contribution is 2.14. The first kappa shape index (κ1) is 12.4. The maximum Gasteiger partial charge on any atom is 0.267 e. The van der Waals surface area contributed by atoms with Gasteiger partial charge < -0.3 is 10.3 Å². The van der Waals surface area contributed by atoms with Crippen LogP contribution in [0.5, 0.6) is 0 Å². The van der Waals surface area contributed by atoms with E-state index in [1.165, 1.54) is 0 Å². The Morgan fingerprint density at radius 2 is 2.00 bits per heavy atom. The van der Waals surface area contributed by atoms with Crippen LogP contribution in [-0.2, 0) is 6.42 Å². The molecule has 100 valence electrons. The minimum Gasteiger partial charge on any atom is -0.351 e. The van der Waals surface area contributed by atoms with Crippen LogP contribution in [0.4, 0.5) is 0 Å². The Bertz CT molecular complexity index is 686. The van der Waals surface area contributed by atoms with Crippen LogP contribution in [-0.4, -0.2) is 22.4 Å². The number of carbonyl (C=O) groups excluding carboxylic acids is 1. The Kier molecular flexibility index (Phi) is 3.46. The molecule has 4 heteroatoms. The van der Waals surface area contributed by atoms with E-state index in [2.05, 4.69) is 15.3 Å². The maximum absolute atomic E-state index is 12.0. The van der Waals surface area contributed by atoms with E-state index in [1.807, 2.05) is 48.5 Å². The monoisotopic (exact) mass is 265 g/mol. The maximum atomic E-state index is 12.0. The van der Waals surface area contributed by atoms with E-state index in [9.17, 15) is 4.79 Å². The Morgan fingerprint density at radius 1 is 1.15 bits per heavy atom. The second-order valence-electron chi connectivity index (χ2n) is 4.60. The molecule has 2 N–H and O–H groups in total. The Labute approximate surface area is 116 Å². The molecule has 2 aromatic heterocycles. The van der Waals surface area contributed by atoms with Crippen molar-refractivity contribution in [2.24, 2.45) is 0 Å². The number of H-pyrrole nitrogens is 1. The molecule has 0 aliphatic heterocycles. The van der Waals surface area contributed by atoms with Crippen molar-refractivity contribution in [2.45, 2.75) is 6.42 Å². The molecule has 0 bridgehead atoms. The van der Waals surface area contributed by atoms with Gasteiger partial charge >= 0.3 is 0 Å². The van der Waals surface area contributed by atoms with Gasteiger partial charge in [-0.3, -0.25) is 9.78 Å². The number of nitrogens with one attached hydrogen (secondary N) is 2. The minimum absolute atomic E-state index is 0.0860. The Hall–Kier alpha value is -2.62. The predicted octanol–water partition coefficient (Wildman–Crippen LogP) is 2.54. The number of hydrogen-bond donors (Lipinski definition) is 2. The molecule has 0 spiro atoms. The van der Waals surface area contributed by atoms with Gasteiger partial charge in [-0.2, -0.15) is 0 Å². The molecular weight excluding hydrogens is 250 g/mol. The van der Waals surface area contributed by atoms with Crippen molar-refractivity contribution in [1.29, 1.82) is 0 Å². The normalized spacial score (nSPS) is 10.6. The quantitative estimate of drug-likeness (QED) is 0.761. The molecular formula is C16H15N3O. The standard InChI is InChI=1S/C16H15N3O/c20-16(18-10-8-13-6-3-4-9-17-13)15-11-12-5-1-2-7-14(12)19-15/h1-7,9,11,19H,8,10H2,(H,18,20). The molecule has 0 unspecified atom stereocenters. The third-order valence-corrected chi connectivity index (χ3v) is 3.17. The van der Waals surface area contributed by atoms with Crippen molar-refractivity contribution < 1.29 is 4.79 Å². The summed E-state index contributed by atoms with van der Waals surface area (Å²) in [6.45, 7) is 0.575. The molecule has 0 radical (unpaired) electrons. The van der Waals surface area contributed by atoms with Gasteiger partial charge in [-0.1, -0.05) is 24.3 Å². The zero-order valence-corrected chi connectivity index (χ0v) is 11.0. The zero-order chi connectivity index (χ0) is 13.8. The average molecular weight is 265 g/mol. The van der Waals surface area contributed by atoms with E-state index in [0.717, 1.165) is 23.0 Å². The first-order chi connectivity index (χ1) is 9.83. The molecule has 0 saturated heterocycles. The van der Waals surface area contributed by atoms with Gasteiger partial charge in [-0.05, 0) is 24.3 Å². The zero-order valence-electron chi connectivity index (χ0n) is 11.0. The van der Waals surface area contributed by atoms with E-state index in [1.54, 1.807) is 6.20 Å². The summed E-state index contributed by atoms with van der Waals surface area (Å²) in [7, 11) is 0. The number of rotatable bonds is 4. The van der Waals surface area contributed by atoms with Crippen molar-refractivity contribution in [2.75, 3.05) is 6.54 Å². The lowest BCUT2D eigenvalue weighted by molar-refractivity contribution is 0.0950. The van der Waals surface area contributed by atoms with E-state index >= 15 is 0 Å². The van der Waals surface area contributed by atoms with Crippen molar-refractivity contribution in [3.63, 3.8) is 0 Å². The van der Waals surface area contributed by atoms with E-state index < -0.39 is 0 Å². The SMILES string of the molecule is O=C(NCCc1ccccn1)c1cc2ccccc2[nH]1. The summed E-state index contributed by atoms with van der Waals surface area (Å²) in [4.78, 5) is 19.4. The van der Waals surface area contributed by atoms with Crippen LogP contribution in [0, 0.1) is 0 Å². The number of fused-ring (bicyclic) bond motifs is 1. The fraction of sp³-hybridized carbons (Fsp3) is 0.125. The van der Waals surface area contributed by atoms with Crippen LogP contribution in [0.15, 0.2) is 54.7 Å². The summed E-state index contributed by atoms with van der Waals surface area (Å²) in [5.74, 6) is -0.0860.